The van der Waals surface area contributed by atoms with Gasteiger partial charge in [0.05, 0.1) is 15.9 Å². The van der Waals surface area contributed by atoms with Gasteiger partial charge in [0.2, 0.25) is 0 Å². The SMILES string of the molecule is O=C(O)[C@H](Cc1c[nH]c2ccc(F)cc12)Nc1ccc([N+](=O)[O-])cc1[N+](=O)[O-]. The zero-order valence-corrected chi connectivity index (χ0v) is 14.1. The molecule has 0 spiro atoms. The summed E-state index contributed by atoms with van der Waals surface area (Å²) in [6.07, 6.45) is 1.43. The number of carboxylic acid groups (broad SMARTS) is 1. The molecule has 0 radical (unpaired) electrons. The predicted molar refractivity (Wildman–Crippen MR) is 96.8 cm³/mol. The molecule has 0 saturated heterocycles. The number of anilines is 1. The van der Waals surface area contributed by atoms with Crippen molar-refractivity contribution in [1.29, 1.82) is 0 Å². The van der Waals surface area contributed by atoms with Gasteiger partial charge in [0.1, 0.15) is 17.5 Å². The number of benzene rings is 2. The lowest BCUT2D eigenvalue weighted by atomic mass is 10.0. The van der Waals surface area contributed by atoms with E-state index in [4.69, 9.17) is 0 Å². The van der Waals surface area contributed by atoms with Gasteiger partial charge in [-0.1, -0.05) is 0 Å². The minimum absolute atomic E-state index is 0.104. The van der Waals surface area contributed by atoms with Crippen LogP contribution in [0.5, 0.6) is 0 Å². The molecule has 3 rings (SSSR count). The number of nitro groups is 2. The normalized spacial score (nSPS) is 11.9. The molecule has 0 aliphatic carbocycles. The predicted octanol–water partition coefficient (Wildman–Crippen LogP) is 3.23. The zero-order chi connectivity index (χ0) is 20.4. The van der Waals surface area contributed by atoms with E-state index in [1.54, 1.807) is 0 Å². The summed E-state index contributed by atoms with van der Waals surface area (Å²) in [7, 11) is 0. The fourth-order valence-corrected chi connectivity index (χ4v) is 2.83. The van der Waals surface area contributed by atoms with E-state index in [9.17, 15) is 34.5 Å². The average Bonchev–Trinajstić information content (AvgIpc) is 3.02. The Morgan fingerprint density at radius 1 is 1.18 bits per heavy atom. The van der Waals surface area contributed by atoms with Crippen molar-refractivity contribution in [3.05, 3.63) is 74.2 Å². The maximum Gasteiger partial charge on any atom is 0.326 e. The van der Waals surface area contributed by atoms with Gasteiger partial charge in [-0.25, -0.2) is 9.18 Å². The summed E-state index contributed by atoms with van der Waals surface area (Å²) in [5, 5.41) is 34.6. The summed E-state index contributed by atoms with van der Waals surface area (Å²) in [4.78, 5) is 35.0. The van der Waals surface area contributed by atoms with E-state index >= 15 is 0 Å². The third-order valence-corrected chi connectivity index (χ3v) is 4.17. The number of aromatic nitrogens is 1. The van der Waals surface area contributed by atoms with Crippen molar-refractivity contribution in [2.75, 3.05) is 5.32 Å². The number of carboxylic acids is 1. The molecule has 0 fully saturated rings. The minimum Gasteiger partial charge on any atom is -0.480 e. The quantitative estimate of drug-likeness (QED) is 0.415. The number of rotatable bonds is 7. The van der Waals surface area contributed by atoms with Crippen LogP contribution in [0.2, 0.25) is 0 Å². The third-order valence-electron chi connectivity index (χ3n) is 4.17. The van der Waals surface area contributed by atoms with E-state index in [0.717, 1.165) is 18.2 Å². The minimum atomic E-state index is -1.29. The van der Waals surface area contributed by atoms with Gasteiger partial charge < -0.3 is 15.4 Å². The van der Waals surface area contributed by atoms with Gasteiger partial charge in [0, 0.05) is 29.6 Å². The highest BCUT2D eigenvalue weighted by molar-refractivity contribution is 5.85. The number of non-ortho nitro benzene ring substituents is 1. The fourth-order valence-electron chi connectivity index (χ4n) is 2.83. The summed E-state index contributed by atoms with van der Waals surface area (Å²) < 4.78 is 13.5. The standard InChI is InChI=1S/C17H13FN4O6/c18-10-1-3-13-12(6-10)9(8-19-13)5-15(17(23)24)20-14-4-2-11(21(25)26)7-16(14)22(27)28/h1-4,6-8,15,19-20H,5H2,(H,23,24)/t15-/m0/s1. The Kier molecular flexibility index (Phi) is 4.90. The smallest absolute Gasteiger partial charge is 0.326 e. The van der Waals surface area contributed by atoms with Crippen molar-refractivity contribution in [3.63, 3.8) is 0 Å². The molecule has 0 saturated carbocycles. The Morgan fingerprint density at radius 2 is 1.93 bits per heavy atom. The van der Waals surface area contributed by atoms with Gasteiger partial charge in [-0.05, 0) is 29.8 Å². The summed E-state index contributed by atoms with van der Waals surface area (Å²) >= 11 is 0. The maximum absolute atomic E-state index is 13.5. The van der Waals surface area contributed by atoms with Crippen LogP contribution in [0, 0.1) is 26.0 Å². The number of nitrogens with one attached hydrogen (secondary N) is 2. The van der Waals surface area contributed by atoms with Crippen LogP contribution in [-0.2, 0) is 11.2 Å². The number of halogens is 1. The summed E-state index contributed by atoms with van der Waals surface area (Å²) in [6, 6.07) is 5.61. The average molecular weight is 388 g/mol. The second-order valence-corrected chi connectivity index (χ2v) is 5.96. The van der Waals surface area contributed by atoms with Crippen molar-refractivity contribution in [3.8, 4) is 0 Å². The number of fused-ring (bicyclic) bond motifs is 1. The largest absolute Gasteiger partial charge is 0.480 e. The first-order chi connectivity index (χ1) is 13.3. The maximum atomic E-state index is 13.5. The fraction of sp³-hybridized carbons (Fsp3) is 0.118. The van der Waals surface area contributed by atoms with Crippen molar-refractivity contribution in [2.24, 2.45) is 0 Å². The number of carbonyl (C=O) groups is 1. The lowest BCUT2D eigenvalue weighted by molar-refractivity contribution is -0.393. The Balaban J connectivity index is 1.93. The molecule has 144 valence electrons. The second kappa shape index (κ2) is 7.31. The Labute approximate surface area is 155 Å². The van der Waals surface area contributed by atoms with Gasteiger partial charge in [-0.15, -0.1) is 0 Å². The van der Waals surface area contributed by atoms with Crippen molar-refractivity contribution >= 4 is 33.9 Å². The lowest BCUT2D eigenvalue weighted by Crippen LogP contribution is -2.31. The van der Waals surface area contributed by atoms with Crippen LogP contribution in [0.15, 0.2) is 42.6 Å². The number of aromatic amines is 1. The molecule has 0 bridgehead atoms. The molecule has 3 N–H and O–H groups in total. The van der Waals surface area contributed by atoms with E-state index in [-0.39, 0.29) is 12.1 Å². The highest BCUT2D eigenvalue weighted by atomic mass is 19.1. The molecule has 11 heteroatoms. The molecule has 10 nitrogen and oxygen atoms in total. The zero-order valence-electron chi connectivity index (χ0n) is 14.1. The number of aliphatic carboxylic acids is 1. The molecule has 0 aliphatic heterocycles. The molecule has 1 heterocycles. The molecule has 28 heavy (non-hydrogen) atoms. The van der Waals surface area contributed by atoms with Gasteiger partial charge in [0.15, 0.2) is 0 Å². The molecule has 0 aliphatic rings. The first kappa shape index (κ1) is 18.8. The lowest BCUT2D eigenvalue weighted by Gasteiger charge is -2.15. The van der Waals surface area contributed by atoms with Gasteiger partial charge in [0.25, 0.3) is 11.4 Å². The molecular formula is C17H13FN4O6. The summed E-state index contributed by atoms with van der Waals surface area (Å²) in [5.41, 5.74) is -0.170. The monoisotopic (exact) mass is 388 g/mol. The van der Waals surface area contributed by atoms with Gasteiger partial charge in [-0.2, -0.15) is 0 Å². The molecule has 3 aromatic rings. The van der Waals surface area contributed by atoms with Gasteiger partial charge in [-0.3, -0.25) is 20.2 Å². The molecule has 1 aromatic heterocycles. The molecule has 1 atom stereocenters. The summed E-state index contributed by atoms with van der Waals surface area (Å²) in [6.45, 7) is 0. The summed E-state index contributed by atoms with van der Waals surface area (Å²) in [5.74, 6) is -1.78. The number of nitro benzene ring substituents is 2. The van der Waals surface area contributed by atoms with Crippen LogP contribution < -0.4 is 5.32 Å². The first-order valence-electron chi connectivity index (χ1n) is 7.94. The van der Waals surface area contributed by atoms with E-state index < -0.39 is 39.0 Å². The third kappa shape index (κ3) is 3.72. The number of H-pyrrole nitrogens is 1. The molecular weight excluding hydrogens is 375 g/mol. The highest BCUT2D eigenvalue weighted by Gasteiger charge is 2.25. The Morgan fingerprint density at radius 3 is 2.57 bits per heavy atom. The number of hydrogen-bond donors (Lipinski definition) is 3. The van der Waals surface area contributed by atoms with E-state index in [1.807, 2.05) is 0 Å². The van der Waals surface area contributed by atoms with Crippen LogP contribution in [0.25, 0.3) is 10.9 Å². The van der Waals surface area contributed by atoms with E-state index in [0.29, 0.717) is 16.5 Å². The van der Waals surface area contributed by atoms with Crippen LogP contribution in [-0.4, -0.2) is 31.9 Å². The number of hydrogen-bond acceptors (Lipinski definition) is 6. The topological polar surface area (TPSA) is 151 Å². The molecule has 0 amide bonds. The van der Waals surface area contributed by atoms with Crippen LogP contribution in [0.1, 0.15) is 5.56 Å². The first-order valence-corrected chi connectivity index (χ1v) is 7.94. The van der Waals surface area contributed by atoms with E-state index in [1.165, 1.54) is 24.4 Å². The van der Waals surface area contributed by atoms with Crippen LogP contribution in [0.3, 0.4) is 0 Å². The van der Waals surface area contributed by atoms with Gasteiger partial charge >= 0.3 is 5.97 Å². The highest BCUT2D eigenvalue weighted by Crippen LogP contribution is 2.30. The Hall–Kier alpha value is -4.02. The molecule has 2 aromatic carbocycles. The molecule has 0 unspecified atom stereocenters. The number of nitrogens with zero attached hydrogens (tertiary/aromatic N) is 2. The van der Waals surface area contributed by atoms with Crippen molar-refractivity contribution in [1.82, 2.24) is 4.98 Å². The van der Waals surface area contributed by atoms with E-state index in [2.05, 4.69) is 10.3 Å². The van der Waals surface area contributed by atoms with Crippen molar-refractivity contribution < 1.29 is 24.1 Å². The second-order valence-electron chi connectivity index (χ2n) is 5.96. The van der Waals surface area contributed by atoms with Crippen molar-refractivity contribution in [2.45, 2.75) is 12.5 Å². The Bertz CT molecular complexity index is 1100. The van der Waals surface area contributed by atoms with Crippen LogP contribution >= 0.6 is 0 Å². The van der Waals surface area contributed by atoms with Crippen LogP contribution in [0.4, 0.5) is 21.5 Å².